The fourth-order valence-electron chi connectivity index (χ4n) is 6.10. The van der Waals surface area contributed by atoms with E-state index in [0.29, 0.717) is 53.9 Å². The maximum Gasteiger partial charge on any atom is 2.00 e. The Hall–Kier alpha value is 0.643. The van der Waals surface area contributed by atoms with E-state index >= 15 is 0 Å². The molecule has 0 aliphatic carbocycles. The maximum atomic E-state index is 6.98. The van der Waals surface area contributed by atoms with Crippen LogP contribution in [0, 0.1) is 0 Å². The van der Waals surface area contributed by atoms with Crippen molar-refractivity contribution in [1.29, 1.82) is 0 Å². The first-order chi connectivity index (χ1) is 26.4. The van der Waals surface area contributed by atoms with Gasteiger partial charge in [0, 0.05) is 79.8 Å². The smallest absolute Gasteiger partial charge is 0.357 e. The Labute approximate surface area is 431 Å². The molecule has 282 valence electrons. The molecule has 8 nitrogen and oxygen atoms in total. The summed E-state index contributed by atoms with van der Waals surface area (Å²) in [4.78, 5) is 38.9. The minimum atomic E-state index is 0. The third kappa shape index (κ3) is 6.55. The molecule has 0 saturated carbocycles. The van der Waals surface area contributed by atoms with Crippen molar-refractivity contribution < 1.29 is 19.5 Å². The zero-order chi connectivity index (χ0) is 40.1. The van der Waals surface area contributed by atoms with Crippen molar-refractivity contribution in [3.63, 3.8) is 0 Å². The topological polar surface area (TPSA) is 106 Å². The second kappa shape index (κ2) is 16.0. The van der Waals surface area contributed by atoms with Crippen LogP contribution >= 0.6 is 212 Å². The van der Waals surface area contributed by atoms with Gasteiger partial charge in [0.15, 0.2) is 0 Å². The number of benzene rings is 4. The summed E-state index contributed by atoms with van der Waals surface area (Å²) in [6, 6.07) is 0. The largest absolute Gasteiger partial charge is 2.00 e. The van der Waals surface area contributed by atoms with Gasteiger partial charge in [0.05, 0.1) is 86.9 Å². The maximum absolute atomic E-state index is 6.98. The second-order valence-corrected chi connectivity index (χ2v) is 20.0. The van der Waals surface area contributed by atoms with Crippen molar-refractivity contribution in [2.75, 3.05) is 0 Å². The third-order valence-corrected chi connectivity index (χ3v) is 19.4. The van der Waals surface area contributed by atoms with E-state index in [2.05, 4.69) is 95.6 Å². The van der Waals surface area contributed by atoms with Gasteiger partial charge in [-0.15, -0.1) is 0 Å². The van der Waals surface area contributed by atoms with Gasteiger partial charge < -0.3 is 29.9 Å². The number of aromatic nitrogens is 8. The van der Waals surface area contributed by atoms with E-state index < -0.39 is 0 Å². The minimum absolute atomic E-state index is 0. The van der Waals surface area contributed by atoms with Crippen molar-refractivity contribution in [2.45, 2.75) is 0 Å². The van der Waals surface area contributed by atoms with Crippen molar-refractivity contribution in [3.05, 3.63) is 77.1 Å². The van der Waals surface area contributed by atoms with Crippen LogP contribution in [0.15, 0.2) is 26.8 Å². The monoisotopic (exact) mass is 1380 g/mol. The van der Waals surface area contributed by atoms with Crippen molar-refractivity contribution in [2.24, 2.45) is 0 Å². The van der Waals surface area contributed by atoms with Crippen molar-refractivity contribution in [3.8, 4) is 45.6 Å². The molecule has 0 saturated heterocycles. The summed E-state index contributed by atoms with van der Waals surface area (Å²) in [5, 5.41) is 2.74. The van der Waals surface area contributed by atoms with E-state index in [1.165, 1.54) is 0 Å². The second-order valence-electron chi connectivity index (χ2n) is 11.5. The molecule has 3 aromatic heterocycles. The Morgan fingerprint density at radius 2 is 0.596 bits per heavy atom. The van der Waals surface area contributed by atoms with Gasteiger partial charge >= 0.3 is 19.5 Å². The average Bonchev–Trinajstić information content (AvgIpc) is 3.92. The normalized spacial score (nSPS) is 12.1. The number of hydrogen-bond acceptors (Lipinski definition) is 6. The van der Waals surface area contributed by atoms with Gasteiger partial charge in [-0.05, 0) is 95.6 Å². The van der Waals surface area contributed by atoms with Gasteiger partial charge in [-0.1, -0.05) is 116 Å². The van der Waals surface area contributed by atoms with E-state index in [-0.39, 0.29) is 132 Å². The van der Waals surface area contributed by atoms with Gasteiger partial charge in [0.2, 0.25) is 0 Å². The van der Waals surface area contributed by atoms with E-state index in [0.717, 1.165) is 0 Å². The van der Waals surface area contributed by atoms with Gasteiger partial charge in [-0.3, -0.25) is 0 Å². The molecule has 2 aliphatic rings. The molecule has 0 amide bonds. The van der Waals surface area contributed by atoms with Crippen molar-refractivity contribution in [1.82, 2.24) is 39.9 Å². The first-order valence-electron chi connectivity index (χ1n) is 14.6. The molecule has 5 heterocycles. The van der Waals surface area contributed by atoms with Gasteiger partial charge in [0.1, 0.15) is 0 Å². The molecule has 7 aromatic rings. The molecule has 2 aliphatic heterocycles. The predicted molar refractivity (Wildman–Crippen MR) is 250 cm³/mol. The number of halogens is 16. The molecule has 57 heavy (non-hydrogen) atoms. The van der Waals surface area contributed by atoms with Crippen LogP contribution in [0.25, 0.3) is 89.7 Å². The Morgan fingerprint density at radius 3 is 1.04 bits per heavy atom. The Kier molecular flexibility index (Phi) is 12.4. The molecule has 0 spiro atoms. The fourth-order valence-corrected chi connectivity index (χ4v) is 12.3. The summed E-state index contributed by atoms with van der Waals surface area (Å²) in [5.74, 6) is 0.206. The molecule has 0 atom stereocenters. The Balaban J connectivity index is 0.00000455. The predicted octanol–water partition coefficient (Wildman–Crippen LogP) is 17.2. The molecule has 0 radical (unpaired) electrons. The molecule has 0 N–H and O–H groups in total. The van der Waals surface area contributed by atoms with Crippen molar-refractivity contribution >= 4 is 256 Å². The summed E-state index contributed by atoms with van der Waals surface area (Å²) in [6.45, 7) is 0. The van der Waals surface area contributed by atoms with Crippen LogP contribution in [-0.4, -0.2) is 29.9 Å². The molecular weight excluding hydrogens is 1400 g/mol. The average molecular weight is 1400 g/mol. The first kappa shape index (κ1) is 44.3. The summed E-state index contributed by atoms with van der Waals surface area (Å²) < 4.78 is 2.12. The summed E-state index contributed by atoms with van der Waals surface area (Å²) >= 11 is 89.5. The molecule has 4 aromatic carbocycles. The van der Waals surface area contributed by atoms with Crippen LogP contribution in [0.2, 0.25) is 50.2 Å². The first-order valence-corrected chi connectivity index (χ1v) is 23.1. The van der Waals surface area contributed by atoms with Gasteiger partial charge in [-0.2, -0.15) is 0 Å². The molecule has 0 fully saturated rings. The van der Waals surface area contributed by atoms with Crippen LogP contribution in [0.3, 0.4) is 0 Å². The standard InChI is InChI=1S/C32Br6Cl10N8.Zn/c33-9-1-4(15(39)12(36)20(9)44)28-49-25(1)53-31-7-8(18(42)23(47)14(38)17(7)41)32(56-31)54-26-2-5(16(40)13(37)21(45)10(2)34)29(50-26)55-30-6-3(27(51-28)52-30)11(35)22(46)24(48)19(6)43;/q-2;+2. The van der Waals surface area contributed by atoms with Crippen LogP contribution in [0.1, 0.15) is 0 Å². The van der Waals surface area contributed by atoms with E-state index in [1.54, 1.807) is 0 Å². The van der Waals surface area contributed by atoms with E-state index in [1.807, 2.05) is 0 Å². The van der Waals surface area contributed by atoms with Crippen LogP contribution in [0.4, 0.5) is 0 Å². The zero-order valence-electron chi connectivity index (χ0n) is 26.3. The van der Waals surface area contributed by atoms with Crippen LogP contribution < -0.4 is 9.97 Å². The summed E-state index contributed by atoms with van der Waals surface area (Å²) in [7, 11) is 0. The summed E-state index contributed by atoms with van der Waals surface area (Å²) in [5.41, 5.74) is 1.46. The van der Waals surface area contributed by atoms with E-state index in [4.69, 9.17) is 156 Å². The number of hydrogen-bond donors (Lipinski definition) is 0. The molecule has 9 rings (SSSR count). The Morgan fingerprint density at radius 1 is 0.281 bits per heavy atom. The summed E-state index contributed by atoms with van der Waals surface area (Å²) in [6.07, 6.45) is 0. The molecule has 8 bridgehead atoms. The Bertz CT molecular complexity index is 2840. The SMILES string of the molecule is Clc1c(Cl)c(Br)c2c(c1Cl)-c1nc-2nc2[n-]c(nc3nc(nc4[n-]c(n1)c1c(Cl)c(Br)c(Cl)c(Br)c41)-c1c(Cl)c(Cl)c(Br)c(Cl)c1-3)c1c(Br)c(Cl)c(Br)c(Cl)c21.[Zn+2]. The van der Waals surface area contributed by atoms with Crippen LogP contribution in [-0.2, 0) is 19.5 Å². The molecule has 25 heteroatoms. The number of rotatable bonds is 0. The number of nitrogens with zero attached hydrogens (tertiary/aromatic N) is 8. The van der Waals surface area contributed by atoms with Gasteiger partial charge in [0.25, 0.3) is 0 Å². The fraction of sp³-hybridized carbons (Fsp3) is 0. The number of fused-ring (bicyclic) bond motifs is 20. The zero-order valence-corrected chi connectivity index (χ0v) is 46.4. The quantitative estimate of drug-likeness (QED) is 0.0840. The van der Waals surface area contributed by atoms with Crippen LogP contribution in [0.5, 0.6) is 0 Å². The minimum Gasteiger partial charge on any atom is -0.357 e. The van der Waals surface area contributed by atoms with E-state index in [9.17, 15) is 0 Å². The molecule has 0 unspecified atom stereocenters. The van der Waals surface area contributed by atoms with Gasteiger partial charge in [-0.25, -0.2) is 9.97 Å². The third-order valence-electron chi connectivity index (χ3n) is 8.55. The molecular formula is C32Br6Cl10N8Zn.